The molecule has 0 radical (unpaired) electrons. The first-order valence-electron chi connectivity index (χ1n) is 32.4. The molecule has 3 N–H and O–H groups in total. The van der Waals surface area contributed by atoms with Crippen LogP contribution >= 0.6 is 15.6 Å². The van der Waals surface area contributed by atoms with Crippen LogP contribution < -0.4 is 0 Å². The lowest BCUT2D eigenvalue weighted by Crippen LogP contribution is -2.30. The van der Waals surface area contributed by atoms with Crippen LogP contribution in [0.25, 0.3) is 0 Å². The van der Waals surface area contributed by atoms with Gasteiger partial charge in [-0.3, -0.25) is 37.3 Å². The van der Waals surface area contributed by atoms with Crippen molar-refractivity contribution in [3.05, 3.63) is 0 Å². The molecular formula is C62H120O17P2. The molecule has 0 spiro atoms. The van der Waals surface area contributed by atoms with E-state index in [1.54, 1.807) is 0 Å². The quantitative estimate of drug-likeness (QED) is 0.0222. The third-order valence-electron chi connectivity index (χ3n) is 14.9. The highest BCUT2D eigenvalue weighted by atomic mass is 31.2. The number of hydrogen-bond acceptors (Lipinski definition) is 15. The summed E-state index contributed by atoms with van der Waals surface area (Å²) >= 11 is 0. The van der Waals surface area contributed by atoms with Crippen molar-refractivity contribution < 1.29 is 80.2 Å². The van der Waals surface area contributed by atoms with Crippen LogP contribution in [0.5, 0.6) is 0 Å². The number of carbonyl (C=O) groups is 4. The summed E-state index contributed by atoms with van der Waals surface area (Å²) in [4.78, 5) is 72.1. The van der Waals surface area contributed by atoms with E-state index in [0.717, 1.165) is 114 Å². The topological polar surface area (TPSA) is 237 Å². The second-order valence-corrected chi connectivity index (χ2v) is 26.3. The van der Waals surface area contributed by atoms with E-state index in [1.165, 1.54) is 103 Å². The third-order valence-corrected chi connectivity index (χ3v) is 16.8. The highest BCUT2D eigenvalue weighted by molar-refractivity contribution is 7.47. The monoisotopic (exact) mass is 1200 g/mol. The maximum Gasteiger partial charge on any atom is 0.472 e. The maximum atomic E-state index is 12.9. The first-order valence-corrected chi connectivity index (χ1v) is 35.4. The lowest BCUT2D eigenvalue weighted by atomic mass is 10.00. The van der Waals surface area contributed by atoms with Crippen LogP contribution in [0.2, 0.25) is 0 Å². The van der Waals surface area contributed by atoms with Gasteiger partial charge in [-0.25, -0.2) is 9.13 Å². The largest absolute Gasteiger partial charge is 0.472 e. The molecule has 0 saturated carbocycles. The smallest absolute Gasteiger partial charge is 0.462 e. The summed E-state index contributed by atoms with van der Waals surface area (Å²) in [5.41, 5.74) is 0. The summed E-state index contributed by atoms with van der Waals surface area (Å²) < 4.78 is 67.9. The van der Waals surface area contributed by atoms with Crippen LogP contribution in [-0.4, -0.2) is 96.7 Å². The predicted octanol–water partition coefficient (Wildman–Crippen LogP) is 16.7. The molecule has 0 aromatic rings. The Bertz CT molecular complexity index is 1620. The molecule has 0 fully saturated rings. The highest BCUT2D eigenvalue weighted by Crippen LogP contribution is 2.45. The van der Waals surface area contributed by atoms with Crippen molar-refractivity contribution in [2.75, 3.05) is 39.6 Å². The highest BCUT2D eigenvalue weighted by Gasteiger charge is 2.30. The van der Waals surface area contributed by atoms with Crippen LogP contribution in [-0.2, 0) is 65.4 Å². The number of carbonyl (C=O) groups excluding carboxylic acids is 4. The fourth-order valence-corrected chi connectivity index (χ4v) is 10.6. The van der Waals surface area contributed by atoms with Crippen molar-refractivity contribution >= 4 is 39.5 Å². The molecule has 0 heterocycles. The van der Waals surface area contributed by atoms with Gasteiger partial charge in [0.15, 0.2) is 12.2 Å². The van der Waals surface area contributed by atoms with Gasteiger partial charge in [0.25, 0.3) is 0 Å². The number of aliphatic hydroxyl groups excluding tert-OH is 1. The summed E-state index contributed by atoms with van der Waals surface area (Å²) in [6.07, 6.45) is 33.5. The minimum absolute atomic E-state index is 0.102. The first-order chi connectivity index (χ1) is 38.8. The number of esters is 4. The molecule has 19 heteroatoms. The lowest BCUT2D eigenvalue weighted by molar-refractivity contribution is -0.161. The van der Waals surface area contributed by atoms with E-state index in [4.69, 9.17) is 37.0 Å². The Kier molecular flexibility index (Phi) is 52.2. The summed E-state index contributed by atoms with van der Waals surface area (Å²) in [6.45, 7) is 11.6. The minimum Gasteiger partial charge on any atom is -0.462 e. The number of ether oxygens (including phenoxy) is 4. The van der Waals surface area contributed by atoms with Gasteiger partial charge >= 0.3 is 39.5 Å². The summed E-state index contributed by atoms with van der Waals surface area (Å²) in [5, 5.41) is 10.5. The van der Waals surface area contributed by atoms with Crippen molar-refractivity contribution in [2.45, 2.75) is 317 Å². The van der Waals surface area contributed by atoms with Gasteiger partial charge in [-0.15, -0.1) is 0 Å². The zero-order chi connectivity index (χ0) is 60.3. The SMILES string of the molecule is CCCCCCCCCCCCC(=O)OC[C@H](COP(=O)(O)OC[C@H](O)COP(=O)(O)OC[C@@H](COC(=O)CCCCCCCCC(C)CC)OC(=O)CCCCCCCCCCC(C)C)OC(=O)CCCCCCCCC(C)CC. The molecule has 4 unspecified atom stereocenters. The molecule has 0 aromatic carbocycles. The molecule has 0 aliphatic carbocycles. The first kappa shape index (κ1) is 79.1. The number of phosphoric ester groups is 2. The number of hydrogen-bond donors (Lipinski definition) is 3. The van der Waals surface area contributed by atoms with Crippen molar-refractivity contribution in [1.29, 1.82) is 0 Å². The summed E-state index contributed by atoms with van der Waals surface area (Å²) in [7, 11) is -9.88. The zero-order valence-corrected chi connectivity index (χ0v) is 54.0. The van der Waals surface area contributed by atoms with E-state index in [-0.39, 0.29) is 25.7 Å². The van der Waals surface area contributed by atoms with Gasteiger partial charge in [-0.05, 0) is 43.4 Å². The van der Waals surface area contributed by atoms with Gasteiger partial charge in [0.1, 0.15) is 19.3 Å². The molecule has 81 heavy (non-hydrogen) atoms. The predicted molar refractivity (Wildman–Crippen MR) is 321 cm³/mol. The Hall–Kier alpha value is -1.94. The normalized spacial score (nSPS) is 15.1. The average Bonchev–Trinajstić information content (AvgIpc) is 3.43. The van der Waals surface area contributed by atoms with E-state index < -0.39 is 97.5 Å². The lowest BCUT2D eigenvalue weighted by Gasteiger charge is -2.21. The van der Waals surface area contributed by atoms with E-state index >= 15 is 0 Å². The fourth-order valence-electron chi connectivity index (χ4n) is 9.06. The molecule has 0 aromatic heterocycles. The van der Waals surface area contributed by atoms with Crippen molar-refractivity contribution in [3.8, 4) is 0 Å². The van der Waals surface area contributed by atoms with Crippen molar-refractivity contribution in [2.24, 2.45) is 17.8 Å². The summed E-state index contributed by atoms with van der Waals surface area (Å²) in [5.74, 6) is 0.0261. The van der Waals surface area contributed by atoms with Gasteiger partial charge in [0, 0.05) is 25.7 Å². The molecule has 0 amide bonds. The van der Waals surface area contributed by atoms with Gasteiger partial charge < -0.3 is 33.8 Å². The third kappa shape index (κ3) is 54.5. The second kappa shape index (κ2) is 53.5. The van der Waals surface area contributed by atoms with E-state index in [9.17, 15) is 43.2 Å². The van der Waals surface area contributed by atoms with Gasteiger partial charge in [0.05, 0.1) is 26.4 Å². The van der Waals surface area contributed by atoms with Crippen LogP contribution in [0.3, 0.4) is 0 Å². The van der Waals surface area contributed by atoms with Crippen LogP contribution in [0.1, 0.15) is 299 Å². The Morgan fingerprint density at radius 3 is 0.938 bits per heavy atom. The fraction of sp³-hybridized carbons (Fsp3) is 0.935. The molecular weight excluding hydrogens is 1080 g/mol. The Morgan fingerprint density at radius 2 is 0.630 bits per heavy atom. The van der Waals surface area contributed by atoms with Crippen molar-refractivity contribution in [1.82, 2.24) is 0 Å². The molecule has 17 nitrogen and oxygen atoms in total. The van der Waals surface area contributed by atoms with E-state index in [0.29, 0.717) is 25.7 Å². The van der Waals surface area contributed by atoms with Gasteiger partial charge in [-0.1, -0.05) is 248 Å². The van der Waals surface area contributed by atoms with Crippen LogP contribution in [0.4, 0.5) is 0 Å². The number of rotatable bonds is 60. The Balaban J connectivity index is 5.26. The average molecular weight is 1200 g/mol. The maximum absolute atomic E-state index is 12.9. The number of aliphatic hydroxyl groups is 1. The van der Waals surface area contributed by atoms with Gasteiger partial charge in [-0.2, -0.15) is 0 Å². The van der Waals surface area contributed by atoms with Gasteiger partial charge in [0.2, 0.25) is 0 Å². The van der Waals surface area contributed by atoms with E-state index in [1.807, 2.05) is 0 Å². The molecule has 480 valence electrons. The molecule has 7 atom stereocenters. The molecule has 0 saturated heterocycles. The number of unbranched alkanes of at least 4 members (excludes halogenated alkanes) is 26. The van der Waals surface area contributed by atoms with E-state index in [2.05, 4.69) is 48.5 Å². The Morgan fingerprint density at radius 1 is 0.358 bits per heavy atom. The minimum atomic E-state index is -4.94. The molecule has 0 aliphatic rings. The summed E-state index contributed by atoms with van der Waals surface area (Å²) in [6, 6.07) is 0. The standard InChI is InChI=1S/C62H120O17P2/c1-8-11-12-13-14-15-16-20-29-36-43-59(64)72-49-58(79-62(67)46-39-32-25-23-28-35-42-55(7)10-3)52-77-81(70,71)75-48-56(63)47-74-80(68,69)76-51-57(50-73-60(65)44-37-30-24-22-27-34-41-54(6)9-2)78-61(66)45-38-31-21-18-17-19-26-33-40-53(4)5/h53-58,63H,8-52H2,1-7H3,(H,68,69)(H,70,71)/t54?,55?,56-,57-,58-/m1/s1. The van der Waals surface area contributed by atoms with Crippen molar-refractivity contribution in [3.63, 3.8) is 0 Å². The molecule has 0 bridgehead atoms. The molecule has 0 aliphatic heterocycles. The second-order valence-electron chi connectivity index (χ2n) is 23.4. The van der Waals surface area contributed by atoms with Crippen LogP contribution in [0, 0.1) is 17.8 Å². The Labute approximate surface area is 492 Å². The molecule has 0 rings (SSSR count). The zero-order valence-electron chi connectivity index (χ0n) is 52.2. The number of phosphoric acid groups is 2. The van der Waals surface area contributed by atoms with Crippen LogP contribution in [0.15, 0.2) is 0 Å².